The number of fused-ring (bicyclic) bond motifs is 3. The normalized spacial score (nSPS) is 18.6. The molecule has 4 rings (SSSR count). The molecule has 1 saturated carbocycles. The van der Waals surface area contributed by atoms with Gasteiger partial charge in [-0.2, -0.15) is 13.2 Å². The highest BCUT2D eigenvalue weighted by atomic mass is 79.9. The number of aromatic nitrogens is 2. The molecule has 1 aliphatic heterocycles. The van der Waals surface area contributed by atoms with Crippen LogP contribution in [0.5, 0.6) is 5.75 Å². The van der Waals surface area contributed by atoms with Gasteiger partial charge in [-0.3, -0.25) is 4.79 Å². The Bertz CT molecular complexity index is 1200. The van der Waals surface area contributed by atoms with Gasteiger partial charge in [0.1, 0.15) is 11.3 Å². The number of nitrogens with one attached hydrogen (secondary N) is 1. The minimum Gasteiger partial charge on any atom is -0.496 e. The molecule has 0 bridgehead atoms. The van der Waals surface area contributed by atoms with E-state index in [4.69, 9.17) is 4.74 Å². The maximum absolute atomic E-state index is 13.7. The van der Waals surface area contributed by atoms with Crippen molar-refractivity contribution < 1.29 is 41.4 Å². The van der Waals surface area contributed by atoms with Gasteiger partial charge >= 0.3 is 12.1 Å². The van der Waals surface area contributed by atoms with Crippen molar-refractivity contribution in [2.45, 2.75) is 62.7 Å². The number of rotatable bonds is 6. The van der Waals surface area contributed by atoms with Gasteiger partial charge < -0.3 is 19.7 Å². The van der Waals surface area contributed by atoms with Crippen LogP contribution < -0.4 is 10.1 Å². The Morgan fingerprint density at radius 1 is 1.31 bits per heavy atom. The number of hydrogen-bond donors (Lipinski definition) is 2. The Morgan fingerprint density at radius 2 is 1.97 bits per heavy atom. The molecule has 35 heavy (non-hydrogen) atoms. The summed E-state index contributed by atoms with van der Waals surface area (Å²) in [5.74, 6) is -6.31. The molecule has 13 heteroatoms. The number of aliphatic carboxylic acids is 1. The van der Waals surface area contributed by atoms with Crippen molar-refractivity contribution in [1.29, 1.82) is 0 Å². The molecule has 0 spiro atoms. The average Bonchev–Trinajstić information content (AvgIpc) is 3.10. The van der Waals surface area contributed by atoms with Crippen LogP contribution in [-0.4, -0.2) is 51.3 Å². The van der Waals surface area contributed by atoms with Crippen LogP contribution in [0.3, 0.4) is 0 Å². The van der Waals surface area contributed by atoms with E-state index in [0.717, 1.165) is 12.5 Å². The van der Waals surface area contributed by atoms with Crippen molar-refractivity contribution in [3.05, 3.63) is 33.7 Å². The lowest BCUT2D eigenvalue weighted by atomic mass is 9.77. The molecule has 0 unspecified atom stereocenters. The summed E-state index contributed by atoms with van der Waals surface area (Å²) in [4.78, 5) is 29.0. The molecule has 7 nitrogen and oxygen atoms in total. The number of halogens is 6. The number of aryl methyl sites for hydroxylation is 1. The van der Waals surface area contributed by atoms with Gasteiger partial charge in [0, 0.05) is 30.9 Å². The van der Waals surface area contributed by atoms with Gasteiger partial charge in [0.15, 0.2) is 5.82 Å². The summed E-state index contributed by atoms with van der Waals surface area (Å²) in [5.41, 5.74) is -0.560. The lowest BCUT2D eigenvalue weighted by Crippen LogP contribution is -2.55. The highest BCUT2D eigenvalue weighted by Gasteiger charge is 2.50. The van der Waals surface area contributed by atoms with Gasteiger partial charge in [-0.25, -0.2) is 18.6 Å². The van der Waals surface area contributed by atoms with Crippen LogP contribution in [0.4, 0.5) is 22.0 Å². The van der Waals surface area contributed by atoms with Crippen molar-refractivity contribution in [2.24, 2.45) is 0 Å². The van der Waals surface area contributed by atoms with E-state index >= 15 is 0 Å². The van der Waals surface area contributed by atoms with E-state index in [-0.39, 0.29) is 18.1 Å². The van der Waals surface area contributed by atoms with Crippen molar-refractivity contribution in [2.75, 3.05) is 7.11 Å². The average molecular weight is 566 g/mol. The largest absolute Gasteiger partial charge is 0.496 e. The third kappa shape index (κ3) is 4.74. The summed E-state index contributed by atoms with van der Waals surface area (Å²) in [6.07, 6.45) is -7.22. The van der Waals surface area contributed by atoms with Gasteiger partial charge in [0.05, 0.1) is 29.4 Å². The number of alkyl halides is 5. The number of imidazole rings is 1. The molecule has 2 aromatic rings. The molecule has 1 aliphatic carbocycles. The predicted molar refractivity (Wildman–Crippen MR) is 117 cm³/mol. The summed E-state index contributed by atoms with van der Waals surface area (Å²) in [6.45, 7) is 0.946. The van der Waals surface area contributed by atoms with Crippen LogP contribution in [0.1, 0.15) is 54.0 Å². The molecule has 2 heterocycles. The van der Waals surface area contributed by atoms with Crippen molar-refractivity contribution in [3.8, 4) is 17.0 Å². The van der Waals surface area contributed by atoms with E-state index in [1.54, 1.807) is 12.1 Å². The first kappa shape index (κ1) is 25.4. The first-order valence-corrected chi connectivity index (χ1v) is 11.4. The van der Waals surface area contributed by atoms with Crippen LogP contribution in [0.25, 0.3) is 11.3 Å². The van der Waals surface area contributed by atoms with Crippen LogP contribution in [-0.2, 0) is 17.8 Å². The second kappa shape index (κ2) is 8.45. The van der Waals surface area contributed by atoms with Gasteiger partial charge in [0.25, 0.3) is 5.91 Å². The third-order valence-electron chi connectivity index (χ3n) is 6.33. The Labute approximate surface area is 204 Å². The molecule has 0 radical (unpaired) electrons. The lowest BCUT2D eigenvalue weighted by Gasteiger charge is -2.35. The summed E-state index contributed by atoms with van der Waals surface area (Å²) in [5, 5.41) is 11.4. The quantitative estimate of drug-likeness (QED) is 0.485. The van der Waals surface area contributed by atoms with E-state index in [9.17, 15) is 36.6 Å². The molecule has 0 saturated heterocycles. The van der Waals surface area contributed by atoms with Gasteiger partial charge in [0.2, 0.25) is 5.92 Å². The van der Waals surface area contributed by atoms with Gasteiger partial charge in [-0.15, -0.1) is 0 Å². The zero-order chi connectivity index (χ0) is 25.9. The zero-order valence-electron chi connectivity index (χ0n) is 18.6. The van der Waals surface area contributed by atoms with Crippen LogP contribution in [0.2, 0.25) is 0 Å². The Morgan fingerprint density at radius 3 is 2.51 bits per heavy atom. The van der Waals surface area contributed by atoms with Crippen molar-refractivity contribution >= 4 is 27.8 Å². The maximum atomic E-state index is 13.7. The number of hydrogen-bond acceptors (Lipinski definition) is 4. The smallest absolute Gasteiger partial charge is 0.391 e. The first-order chi connectivity index (χ1) is 16.1. The van der Waals surface area contributed by atoms with Crippen LogP contribution >= 0.6 is 15.9 Å². The number of carboxylic acids is 1. The molecule has 1 fully saturated rings. The first-order valence-electron chi connectivity index (χ1n) is 10.6. The maximum Gasteiger partial charge on any atom is 0.391 e. The summed E-state index contributed by atoms with van der Waals surface area (Å²) >= 11 is 3.39. The molecule has 190 valence electrons. The standard InChI is InChI=1S/C22H21BrF5N3O4/c1-20(19(33)34,9-22(26,27)28)30-18(32)17-29-15(11-7-21(24,25)8-11)16-12-6-13(23)14(35-2)5-10(12)3-4-31(16)17/h5-6,11H,3-4,7-9H2,1-2H3,(H,30,32)(H,33,34)/t20-/m0/s1. The molecular formula is C22H21BrF5N3O4. The fraction of sp³-hybridized carbons (Fsp3) is 0.500. The highest BCUT2D eigenvalue weighted by Crippen LogP contribution is 2.51. The van der Waals surface area contributed by atoms with Crippen molar-refractivity contribution in [3.63, 3.8) is 0 Å². The minimum atomic E-state index is -4.86. The number of carboxylic acid groups (broad SMARTS) is 1. The number of carbonyl (C=O) groups excluding carboxylic acids is 1. The zero-order valence-corrected chi connectivity index (χ0v) is 20.2. The lowest BCUT2D eigenvalue weighted by molar-refractivity contribution is -0.167. The van der Waals surface area contributed by atoms with E-state index < -0.39 is 54.7 Å². The molecule has 1 aromatic heterocycles. The number of nitrogens with zero attached hydrogens (tertiary/aromatic N) is 2. The Kier molecular flexibility index (Phi) is 6.13. The molecule has 1 amide bonds. The topological polar surface area (TPSA) is 93.4 Å². The number of carbonyl (C=O) groups is 2. The molecule has 1 aromatic carbocycles. The third-order valence-corrected chi connectivity index (χ3v) is 6.95. The Hall–Kier alpha value is -2.70. The monoisotopic (exact) mass is 565 g/mol. The highest BCUT2D eigenvalue weighted by molar-refractivity contribution is 9.10. The molecule has 1 atom stereocenters. The fourth-order valence-electron chi connectivity index (χ4n) is 4.58. The number of ether oxygens (including phenoxy) is 1. The van der Waals surface area contributed by atoms with E-state index in [1.807, 2.05) is 5.32 Å². The van der Waals surface area contributed by atoms with Crippen LogP contribution in [0.15, 0.2) is 16.6 Å². The minimum absolute atomic E-state index is 0.190. The predicted octanol–water partition coefficient (Wildman–Crippen LogP) is 4.92. The van der Waals surface area contributed by atoms with E-state index in [1.165, 1.54) is 11.7 Å². The number of benzene rings is 1. The summed E-state index contributed by atoms with van der Waals surface area (Å²) in [7, 11) is 1.49. The summed E-state index contributed by atoms with van der Waals surface area (Å²) < 4.78 is 73.8. The van der Waals surface area contributed by atoms with Crippen LogP contribution in [0, 0.1) is 0 Å². The molecule has 2 aliphatic rings. The Balaban J connectivity index is 1.80. The van der Waals surface area contributed by atoms with E-state index in [2.05, 4.69) is 20.9 Å². The summed E-state index contributed by atoms with van der Waals surface area (Å²) in [6, 6.07) is 3.49. The SMILES string of the molecule is COc1cc2c(cc1Br)-c1c(C3CC(F)(F)C3)nc(C(=O)N[C@@](C)(CC(F)(F)F)C(=O)O)n1CC2. The molecule has 2 N–H and O–H groups in total. The van der Waals surface area contributed by atoms with Gasteiger partial charge in [-0.05, 0) is 47.0 Å². The van der Waals surface area contributed by atoms with Gasteiger partial charge in [-0.1, -0.05) is 0 Å². The molecular weight excluding hydrogens is 545 g/mol. The fourth-order valence-corrected chi connectivity index (χ4v) is 5.08. The van der Waals surface area contributed by atoms with Crippen molar-refractivity contribution in [1.82, 2.24) is 14.9 Å². The second-order valence-corrected chi connectivity index (χ2v) is 9.91. The number of amides is 1. The second-order valence-electron chi connectivity index (χ2n) is 9.06. The van der Waals surface area contributed by atoms with E-state index in [0.29, 0.717) is 27.9 Å². The number of methoxy groups -OCH3 is 1.